The van der Waals surface area contributed by atoms with Gasteiger partial charge in [-0.1, -0.05) is 5.92 Å². The van der Waals surface area contributed by atoms with Crippen molar-refractivity contribution < 1.29 is 9.53 Å². The van der Waals surface area contributed by atoms with Gasteiger partial charge in [-0.05, 0) is 67.6 Å². The van der Waals surface area contributed by atoms with E-state index in [-0.39, 0.29) is 6.09 Å². The van der Waals surface area contributed by atoms with Crippen LogP contribution in [0.5, 0.6) is 0 Å². The summed E-state index contributed by atoms with van der Waals surface area (Å²) in [7, 11) is 0. The Hall–Kier alpha value is -1.54. The van der Waals surface area contributed by atoms with E-state index in [1.165, 1.54) is 0 Å². The third-order valence-corrected chi connectivity index (χ3v) is 3.75. The quantitative estimate of drug-likeness (QED) is 0.656. The number of carbonyl (C=O) groups excluding carboxylic acids is 1. The SMILES string of the molecule is CC(C)(C)OC(=O)N1CCC(C#Cc2ccc(Br)cn2)CC1. The van der Waals surface area contributed by atoms with Crippen LogP contribution in [-0.2, 0) is 4.74 Å². The Morgan fingerprint density at radius 1 is 1.36 bits per heavy atom. The first kappa shape index (κ1) is 16.8. The van der Waals surface area contributed by atoms with Gasteiger partial charge in [0.05, 0.1) is 0 Å². The van der Waals surface area contributed by atoms with Crippen molar-refractivity contribution in [3.8, 4) is 11.8 Å². The molecule has 0 spiro atoms. The van der Waals surface area contributed by atoms with Gasteiger partial charge in [0.15, 0.2) is 0 Å². The Morgan fingerprint density at radius 2 is 2.05 bits per heavy atom. The Labute approximate surface area is 140 Å². The fraction of sp³-hybridized carbons (Fsp3) is 0.529. The molecule has 0 saturated carbocycles. The molecule has 0 unspecified atom stereocenters. The number of hydrogen-bond donors (Lipinski definition) is 0. The highest BCUT2D eigenvalue weighted by Crippen LogP contribution is 2.19. The Balaban J connectivity index is 1.85. The lowest BCUT2D eigenvalue weighted by molar-refractivity contribution is 0.0199. The van der Waals surface area contributed by atoms with Crippen LogP contribution in [0.25, 0.3) is 0 Å². The molecule has 0 radical (unpaired) electrons. The van der Waals surface area contributed by atoms with Crippen LogP contribution in [0.2, 0.25) is 0 Å². The number of piperidine rings is 1. The Bertz CT molecular complexity index is 573. The van der Waals surface area contributed by atoms with Crippen molar-refractivity contribution >= 4 is 22.0 Å². The number of rotatable bonds is 0. The van der Waals surface area contributed by atoms with E-state index >= 15 is 0 Å². The molecule has 4 nitrogen and oxygen atoms in total. The molecule has 1 aliphatic heterocycles. The topological polar surface area (TPSA) is 42.4 Å². The fourth-order valence-corrected chi connectivity index (χ4v) is 2.39. The van der Waals surface area contributed by atoms with E-state index in [1.807, 2.05) is 32.9 Å². The number of halogens is 1. The molecule has 1 fully saturated rings. The molecule has 2 heterocycles. The van der Waals surface area contributed by atoms with E-state index in [4.69, 9.17) is 4.74 Å². The maximum Gasteiger partial charge on any atom is 0.410 e. The lowest BCUT2D eigenvalue weighted by atomic mass is 9.97. The first-order chi connectivity index (χ1) is 10.3. The largest absolute Gasteiger partial charge is 0.444 e. The number of pyridine rings is 1. The van der Waals surface area contributed by atoms with Crippen molar-refractivity contribution in [3.63, 3.8) is 0 Å². The standard InChI is InChI=1S/C17H21BrN2O2/c1-17(2,3)22-16(21)20-10-8-13(9-11-20)4-6-15-7-5-14(18)12-19-15/h5,7,12-13H,8-11H2,1-3H3. The molecule has 0 N–H and O–H groups in total. The van der Waals surface area contributed by atoms with E-state index in [2.05, 4.69) is 32.8 Å². The average molecular weight is 365 g/mol. The minimum Gasteiger partial charge on any atom is -0.444 e. The lowest BCUT2D eigenvalue weighted by Crippen LogP contribution is -2.41. The number of amides is 1. The van der Waals surface area contributed by atoms with Crippen LogP contribution in [0.4, 0.5) is 4.79 Å². The molecule has 0 bridgehead atoms. The van der Waals surface area contributed by atoms with E-state index in [1.54, 1.807) is 11.1 Å². The summed E-state index contributed by atoms with van der Waals surface area (Å²) in [6.45, 7) is 7.04. The van der Waals surface area contributed by atoms with Crippen LogP contribution in [-0.4, -0.2) is 34.7 Å². The van der Waals surface area contributed by atoms with E-state index < -0.39 is 5.60 Å². The first-order valence-electron chi connectivity index (χ1n) is 7.44. The molecule has 1 aromatic rings. The third-order valence-electron chi connectivity index (χ3n) is 3.28. The number of hydrogen-bond acceptors (Lipinski definition) is 3. The summed E-state index contributed by atoms with van der Waals surface area (Å²) in [6.07, 6.45) is 3.27. The molecule has 118 valence electrons. The molecule has 22 heavy (non-hydrogen) atoms. The van der Waals surface area contributed by atoms with Gasteiger partial charge in [0, 0.05) is 29.7 Å². The molecule has 1 aromatic heterocycles. The third kappa shape index (κ3) is 5.34. The normalized spacial score (nSPS) is 15.9. The van der Waals surface area contributed by atoms with Gasteiger partial charge in [0.2, 0.25) is 0 Å². The van der Waals surface area contributed by atoms with Crippen molar-refractivity contribution in [2.45, 2.75) is 39.2 Å². The van der Waals surface area contributed by atoms with E-state index in [9.17, 15) is 4.79 Å². The minimum atomic E-state index is -0.443. The number of likely N-dealkylation sites (tertiary alicyclic amines) is 1. The van der Waals surface area contributed by atoms with Crippen molar-refractivity contribution in [2.24, 2.45) is 5.92 Å². The summed E-state index contributed by atoms with van der Waals surface area (Å²) in [5.41, 5.74) is 0.332. The second kappa shape index (κ2) is 7.15. The number of aromatic nitrogens is 1. The van der Waals surface area contributed by atoms with Gasteiger partial charge < -0.3 is 9.64 Å². The predicted octanol–water partition coefficient (Wildman–Crippen LogP) is 3.84. The molecule has 1 amide bonds. The number of nitrogens with zero attached hydrogens (tertiary/aromatic N) is 2. The summed E-state index contributed by atoms with van der Waals surface area (Å²) < 4.78 is 6.34. The Kier molecular flexibility index (Phi) is 5.47. The molecule has 1 saturated heterocycles. The van der Waals surface area contributed by atoms with Crippen LogP contribution in [0.3, 0.4) is 0 Å². The highest BCUT2D eigenvalue weighted by atomic mass is 79.9. The molecule has 1 aliphatic rings. The zero-order valence-corrected chi connectivity index (χ0v) is 14.8. The van der Waals surface area contributed by atoms with Crippen LogP contribution >= 0.6 is 15.9 Å². The number of ether oxygens (including phenoxy) is 1. The van der Waals surface area contributed by atoms with Crippen LogP contribution in [0.15, 0.2) is 22.8 Å². The van der Waals surface area contributed by atoms with E-state index in [0.717, 1.165) is 23.0 Å². The van der Waals surface area contributed by atoms with Gasteiger partial charge in [-0.2, -0.15) is 0 Å². The molecular weight excluding hydrogens is 344 g/mol. The summed E-state index contributed by atoms with van der Waals surface area (Å²) in [6, 6.07) is 3.83. The molecule has 0 atom stereocenters. The van der Waals surface area contributed by atoms with Crippen molar-refractivity contribution in [3.05, 3.63) is 28.5 Å². The van der Waals surface area contributed by atoms with Gasteiger partial charge in [0.1, 0.15) is 11.3 Å². The van der Waals surface area contributed by atoms with Crippen LogP contribution in [0.1, 0.15) is 39.3 Å². The molecule has 0 aromatic carbocycles. The predicted molar refractivity (Wildman–Crippen MR) is 89.3 cm³/mol. The van der Waals surface area contributed by atoms with Gasteiger partial charge in [-0.3, -0.25) is 0 Å². The highest BCUT2D eigenvalue weighted by Gasteiger charge is 2.26. The van der Waals surface area contributed by atoms with Crippen molar-refractivity contribution in [2.75, 3.05) is 13.1 Å². The summed E-state index contributed by atoms with van der Waals surface area (Å²) in [5.74, 6) is 6.68. The minimum absolute atomic E-state index is 0.228. The molecule has 0 aliphatic carbocycles. The monoisotopic (exact) mass is 364 g/mol. The second-order valence-electron chi connectivity index (χ2n) is 6.37. The maximum absolute atomic E-state index is 12.0. The highest BCUT2D eigenvalue weighted by molar-refractivity contribution is 9.10. The molecule has 2 rings (SSSR count). The first-order valence-corrected chi connectivity index (χ1v) is 8.24. The average Bonchev–Trinajstić information content (AvgIpc) is 2.45. The number of carbonyl (C=O) groups is 1. The zero-order valence-electron chi connectivity index (χ0n) is 13.2. The van der Waals surface area contributed by atoms with Crippen LogP contribution in [0, 0.1) is 17.8 Å². The summed E-state index contributed by atoms with van der Waals surface area (Å²) in [4.78, 5) is 18.0. The van der Waals surface area contributed by atoms with Crippen LogP contribution < -0.4 is 0 Å². The van der Waals surface area contributed by atoms with Gasteiger partial charge >= 0.3 is 6.09 Å². The fourth-order valence-electron chi connectivity index (χ4n) is 2.16. The van der Waals surface area contributed by atoms with E-state index in [0.29, 0.717) is 19.0 Å². The van der Waals surface area contributed by atoms with Gasteiger partial charge in [-0.25, -0.2) is 9.78 Å². The van der Waals surface area contributed by atoms with Crippen molar-refractivity contribution in [1.82, 2.24) is 9.88 Å². The summed E-state index contributed by atoms with van der Waals surface area (Å²) >= 11 is 3.35. The van der Waals surface area contributed by atoms with Gasteiger partial charge in [-0.15, -0.1) is 0 Å². The van der Waals surface area contributed by atoms with Gasteiger partial charge in [0.25, 0.3) is 0 Å². The lowest BCUT2D eigenvalue weighted by Gasteiger charge is -2.31. The smallest absolute Gasteiger partial charge is 0.410 e. The molecular formula is C17H21BrN2O2. The summed E-state index contributed by atoms with van der Waals surface area (Å²) in [5, 5.41) is 0. The second-order valence-corrected chi connectivity index (χ2v) is 7.29. The maximum atomic E-state index is 12.0. The zero-order chi connectivity index (χ0) is 16.2. The molecule has 5 heteroatoms. The van der Waals surface area contributed by atoms with Crippen molar-refractivity contribution in [1.29, 1.82) is 0 Å². The Morgan fingerprint density at radius 3 is 2.59 bits per heavy atom.